The third kappa shape index (κ3) is 19.2. The van der Waals surface area contributed by atoms with Gasteiger partial charge in [-0.3, -0.25) is 47.9 Å². The SMILES string of the molecule is Cc1c(C2=CCCCC2)ccc2c(=O)c3ccccc3n(CC(=O)O)c12.Cc1c(CCc2ccccc2)ccc2c(=O)c3ccccc3n(CC(=O)O)c12.Cc1ccc2c(=O)c3ccc(Cl)c(Cl)c3n(CC(=O)O)c2c1.O=C(O)Cn1c2ccccc2c(=O)c2ccc(C#Cc3ccccc3)cc21.O=C(O)Cn1c2ccccc2c(=O)c2ccc(CCc3ccccc3)cc21. The lowest BCUT2D eigenvalue weighted by Crippen LogP contribution is -2.17. The summed E-state index contributed by atoms with van der Waals surface area (Å²) >= 11 is 12.3. The number of halogens is 2. The van der Waals surface area contributed by atoms with Crippen molar-refractivity contribution in [1.29, 1.82) is 0 Å². The van der Waals surface area contributed by atoms with E-state index in [0.717, 1.165) is 94.1 Å². The Labute approximate surface area is 753 Å². The van der Waals surface area contributed by atoms with E-state index in [1.165, 1.54) is 34.1 Å². The largest absolute Gasteiger partial charge is 0.480 e. The highest BCUT2D eigenvalue weighted by atomic mass is 35.5. The van der Waals surface area contributed by atoms with Gasteiger partial charge in [0.1, 0.15) is 32.7 Å². The minimum Gasteiger partial charge on any atom is -0.480 e. The van der Waals surface area contributed by atoms with E-state index in [1.54, 1.807) is 115 Å². The third-order valence-corrected chi connectivity index (χ3v) is 24.3. The number of pyridine rings is 5. The zero-order valence-electron chi connectivity index (χ0n) is 71.1. The van der Waals surface area contributed by atoms with Crippen LogP contribution in [0.4, 0.5) is 0 Å². The van der Waals surface area contributed by atoms with E-state index in [4.69, 9.17) is 23.2 Å². The van der Waals surface area contributed by atoms with Gasteiger partial charge in [-0.05, 0) is 250 Å². The molecule has 18 aromatic rings. The van der Waals surface area contributed by atoms with Crippen molar-refractivity contribution in [3.05, 3.63) is 402 Å². The second-order valence-corrected chi connectivity index (χ2v) is 32.7. The maximum absolute atomic E-state index is 13.0. The summed E-state index contributed by atoms with van der Waals surface area (Å²) in [5.41, 5.74) is 17.4. The summed E-state index contributed by atoms with van der Waals surface area (Å²) in [7, 11) is 0. The van der Waals surface area contributed by atoms with Gasteiger partial charge in [0.2, 0.25) is 0 Å². The van der Waals surface area contributed by atoms with Gasteiger partial charge < -0.3 is 48.4 Å². The Morgan fingerprint density at radius 3 is 1.17 bits per heavy atom. The monoisotopic (exact) mass is 1760 g/mol. The zero-order valence-corrected chi connectivity index (χ0v) is 72.7. The molecule has 13 aromatic carbocycles. The fourth-order valence-corrected chi connectivity index (χ4v) is 17.8. The molecule has 130 heavy (non-hydrogen) atoms. The molecule has 0 aliphatic heterocycles. The van der Waals surface area contributed by atoms with Crippen molar-refractivity contribution >= 4 is 168 Å². The van der Waals surface area contributed by atoms with E-state index in [9.17, 15) is 73.5 Å². The van der Waals surface area contributed by atoms with Crippen LogP contribution >= 0.6 is 23.2 Å². The standard InChI is InChI=1S/C24H21NO3.C23H19NO3.C23H15NO3.C22H21NO3.C16H11Cl2NO3/c1-16-18(12-11-17-7-3-2-4-8-17)13-14-20-23(16)25(15-22(26)27)21-10-6-5-9-19(21)24(20)28;2*25-22(26)15-24-20-9-5-4-8-18(20)23(27)19-13-12-17(14-21(19)24)11-10-16-6-2-1-3-7-16;1-14-16(15-7-3-2-4-8-15)11-12-18-21(14)23(13-20(24)25)19-10-6-5-9-17(19)22(18)26;1-8-2-3-9-12(6-8)19(7-13(20)21)15-10(16(9)22)4-5-11(17)14(15)18/h2-10,13-14H,11-12,15H2,1H3,(H,26,27);1-9,12-14H,10-11,15H2,(H,25,26);1-9,12-14H,15H2,(H,25,26);5-7,9-12H,2-4,8,13H2,1H3,(H,24,25);2-6H,7H2,1H3,(H,20,21). The molecule has 0 saturated carbocycles. The number of carbonyl (C=O) groups is 5. The molecule has 0 spiro atoms. The van der Waals surface area contributed by atoms with Crippen LogP contribution in [0.1, 0.15) is 81.3 Å². The number of carboxylic acid groups (broad SMARTS) is 5. The number of benzene rings is 13. The molecule has 0 amide bonds. The maximum Gasteiger partial charge on any atom is 0.323 e. The number of carboxylic acids is 5. The number of allylic oxidation sites excluding steroid dienone is 2. The molecule has 5 aromatic heterocycles. The van der Waals surface area contributed by atoms with Crippen LogP contribution in [0, 0.1) is 32.6 Å². The Balaban J connectivity index is 0.000000125. The van der Waals surface area contributed by atoms with Crippen molar-refractivity contribution in [3.8, 4) is 11.8 Å². The smallest absolute Gasteiger partial charge is 0.323 e. The first-order chi connectivity index (χ1) is 62.8. The molecule has 0 atom stereocenters. The number of hydrogen-bond acceptors (Lipinski definition) is 10. The first-order valence-corrected chi connectivity index (χ1v) is 43.1. The van der Waals surface area contributed by atoms with Crippen molar-refractivity contribution in [1.82, 2.24) is 22.8 Å². The summed E-state index contributed by atoms with van der Waals surface area (Å²) in [6.45, 7) is 4.79. The first-order valence-electron chi connectivity index (χ1n) is 42.3. The van der Waals surface area contributed by atoms with Crippen LogP contribution in [-0.4, -0.2) is 78.2 Å². The van der Waals surface area contributed by atoms with Crippen molar-refractivity contribution in [2.24, 2.45) is 0 Å². The van der Waals surface area contributed by atoms with Crippen LogP contribution in [0.25, 0.3) is 115 Å². The van der Waals surface area contributed by atoms with Gasteiger partial charge in [0.15, 0.2) is 27.1 Å². The molecular formula is C108H87Cl2N5O15. The number of fused-ring (bicyclic) bond motifs is 10. The van der Waals surface area contributed by atoms with E-state index in [0.29, 0.717) is 98.0 Å². The van der Waals surface area contributed by atoms with E-state index in [2.05, 4.69) is 42.2 Å². The number of nitrogens with zero attached hydrogens (tertiary/aromatic N) is 5. The highest BCUT2D eigenvalue weighted by Gasteiger charge is 2.23. The number of aromatic nitrogens is 5. The van der Waals surface area contributed by atoms with Gasteiger partial charge in [0.05, 0.1) is 65.2 Å². The first kappa shape index (κ1) is 89.3. The average Bonchev–Trinajstić information content (AvgIpc) is 0.683. The van der Waals surface area contributed by atoms with Crippen molar-refractivity contribution < 1.29 is 49.5 Å². The highest BCUT2D eigenvalue weighted by molar-refractivity contribution is 6.45. The Hall–Kier alpha value is -15.6. The fraction of sp³-hybridized carbons (Fsp3) is 0.148. The van der Waals surface area contributed by atoms with E-state index in [-0.39, 0.29) is 69.9 Å². The Morgan fingerprint density at radius 1 is 0.315 bits per heavy atom. The summed E-state index contributed by atoms with van der Waals surface area (Å²) in [4.78, 5) is 121. The van der Waals surface area contributed by atoms with Gasteiger partial charge in [-0.2, -0.15) is 0 Å². The Bertz CT molecular complexity index is 8030. The predicted octanol–water partition coefficient (Wildman–Crippen LogP) is 20.4. The molecule has 5 N–H and O–H groups in total. The lowest BCUT2D eigenvalue weighted by molar-refractivity contribution is -0.138. The predicted molar refractivity (Wildman–Crippen MR) is 518 cm³/mol. The zero-order chi connectivity index (χ0) is 91.6. The molecule has 0 bridgehead atoms. The van der Waals surface area contributed by atoms with Gasteiger partial charge in [0.25, 0.3) is 0 Å². The normalized spacial score (nSPS) is 11.7. The second kappa shape index (κ2) is 39.5. The Morgan fingerprint density at radius 2 is 0.677 bits per heavy atom. The Kier molecular flexibility index (Phi) is 27.2. The van der Waals surface area contributed by atoms with Crippen molar-refractivity contribution in [2.75, 3.05) is 0 Å². The molecule has 0 saturated heterocycles. The van der Waals surface area contributed by atoms with Crippen molar-refractivity contribution in [3.63, 3.8) is 0 Å². The lowest BCUT2D eigenvalue weighted by Gasteiger charge is -2.20. The fourth-order valence-electron chi connectivity index (χ4n) is 17.4. The van der Waals surface area contributed by atoms with Gasteiger partial charge in [-0.1, -0.05) is 193 Å². The van der Waals surface area contributed by atoms with Crippen LogP contribution in [-0.2, 0) is 82.4 Å². The molecule has 648 valence electrons. The molecule has 19 rings (SSSR count). The topological polar surface area (TPSA) is 296 Å². The van der Waals surface area contributed by atoms with Crippen LogP contribution in [0.3, 0.4) is 0 Å². The summed E-state index contributed by atoms with van der Waals surface area (Å²) < 4.78 is 8.44. The number of rotatable bonds is 17. The average molecular weight is 1770 g/mol. The number of hydrogen-bond donors (Lipinski definition) is 5. The van der Waals surface area contributed by atoms with Gasteiger partial charge in [0, 0.05) is 65.0 Å². The minimum absolute atomic E-state index is 0.0375. The molecule has 0 unspecified atom stereocenters. The number of para-hydroxylation sites is 4. The summed E-state index contributed by atoms with van der Waals surface area (Å²) in [5.74, 6) is 1.41. The molecule has 0 fully saturated rings. The quantitative estimate of drug-likeness (QED) is 0.0418. The highest BCUT2D eigenvalue weighted by Crippen LogP contribution is 2.36. The third-order valence-electron chi connectivity index (χ3n) is 23.5. The molecule has 0 radical (unpaired) electrons. The van der Waals surface area contributed by atoms with Crippen LogP contribution in [0.2, 0.25) is 10.0 Å². The molecule has 1 aliphatic rings. The van der Waals surface area contributed by atoms with Crippen LogP contribution in [0.15, 0.2) is 309 Å². The maximum atomic E-state index is 13.0. The molecule has 20 nitrogen and oxygen atoms in total. The number of aliphatic carboxylic acids is 5. The van der Waals surface area contributed by atoms with Gasteiger partial charge in [-0.15, -0.1) is 0 Å². The summed E-state index contributed by atoms with van der Waals surface area (Å²) in [6, 6.07) is 85.9. The molecule has 22 heteroatoms. The molecule has 5 heterocycles. The van der Waals surface area contributed by atoms with Gasteiger partial charge >= 0.3 is 29.8 Å². The summed E-state index contributed by atoms with van der Waals surface area (Å²) in [6.07, 6.45) is 10.2. The minimum atomic E-state index is -1.02. The van der Waals surface area contributed by atoms with Crippen LogP contribution in [0.5, 0.6) is 0 Å². The second-order valence-electron chi connectivity index (χ2n) is 31.9. The van der Waals surface area contributed by atoms with Crippen molar-refractivity contribution in [2.45, 2.75) is 105 Å². The van der Waals surface area contributed by atoms with E-state index < -0.39 is 29.8 Å². The molecular weight excluding hydrogens is 1680 g/mol. The molecule has 1 aliphatic carbocycles. The number of aryl methyl sites for hydroxylation is 7. The van der Waals surface area contributed by atoms with Crippen LogP contribution < -0.4 is 27.1 Å². The van der Waals surface area contributed by atoms with E-state index in [1.807, 2.05) is 178 Å². The summed E-state index contributed by atoms with van der Waals surface area (Å²) in [5, 5.41) is 52.5. The van der Waals surface area contributed by atoms with E-state index >= 15 is 0 Å². The lowest BCUT2D eigenvalue weighted by atomic mass is 9.89. The van der Waals surface area contributed by atoms with Gasteiger partial charge in [-0.25, -0.2) is 0 Å².